The fourth-order valence-corrected chi connectivity index (χ4v) is 3.03. The van der Waals surface area contributed by atoms with Crippen molar-refractivity contribution in [3.63, 3.8) is 0 Å². The minimum Gasteiger partial charge on any atom is -0.398 e. The Morgan fingerprint density at radius 1 is 1.16 bits per heavy atom. The van der Waals surface area contributed by atoms with Crippen molar-refractivity contribution in [2.24, 2.45) is 0 Å². The van der Waals surface area contributed by atoms with Crippen LogP contribution in [0.1, 0.15) is 34.0 Å². The monoisotopic (exact) mass is 351 g/mol. The van der Waals surface area contributed by atoms with Gasteiger partial charge in [-0.2, -0.15) is 5.10 Å². The van der Waals surface area contributed by atoms with Crippen LogP contribution in [0.4, 0.5) is 8.78 Å². The van der Waals surface area contributed by atoms with Crippen molar-refractivity contribution in [3.8, 4) is 0 Å². The molecule has 0 radical (unpaired) electrons. The number of rotatable bonds is 2. The third kappa shape index (κ3) is 2.57. The van der Waals surface area contributed by atoms with Crippen LogP contribution >= 0.6 is 0 Å². The van der Waals surface area contributed by atoms with E-state index < -0.39 is 36.3 Å². The van der Waals surface area contributed by atoms with Crippen LogP contribution in [-0.2, 0) is 14.0 Å². The summed E-state index contributed by atoms with van der Waals surface area (Å²) >= 11 is 0. The quantitative estimate of drug-likeness (QED) is 0.835. The molecule has 1 aromatic heterocycles. The molecule has 134 valence electrons. The van der Waals surface area contributed by atoms with Gasteiger partial charge < -0.3 is 14.0 Å². The fraction of sp³-hybridized carbons (Fsp3) is 0.562. The Morgan fingerprint density at radius 3 is 2.40 bits per heavy atom. The molecule has 0 amide bonds. The van der Waals surface area contributed by atoms with E-state index in [2.05, 4.69) is 10.4 Å². The van der Waals surface area contributed by atoms with Crippen molar-refractivity contribution in [1.82, 2.24) is 15.1 Å². The van der Waals surface area contributed by atoms with Gasteiger partial charge in [0.25, 0.3) is 0 Å². The zero-order valence-corrected chi connectivity index (χ0v) is 14.6. The molecule has 1 aromatic carbocycles. The molecule has 1 unspecified atom stereocenters. The van der Waals surface area contributed by atoms with Gasteiger partial charge in [-0.1, -0.05) is 0 Å². The summed E-state index contributed by atoms with van der Waals surface area (Å²) in [6, 6.07) is 2.25. The summed E-state index contributed by atoms with van der Waals surface area (Å²) in [5.74, 6) is -1.88. The van der Waals surface area contributed by atoms with E-state index in [1.54, 1.807) is 0 Å². The predicted octanol–water partition coefficient (Wildman–Crippen LogP) is 1.69. The molecule has 2 aromatic rings. The summed E-state index contributed by atoms with van der Waals surface area (Å²) in [6.45, 7) is 8.87. The van der Waals surface area contributed by atoms with Crippen molar-refractivity contribution in [3.05, 3.63) is 23.8 Å². The molecule has 4 rings (SSSR count). The Bertz CT molecular complexity index is 818. The van der Waals surface area contributed by atoms with Gasteiger partial charge in [0.2, 0.25) is 6.35 Å². The number of nitrogens with zero attached hydrogens (tertiary/aromatic N) is 2. The summed E-state index contributed by atoms with van der Waals surface area (Å²) in [5, 5.41) is 8.07. The molecule has 0 spiro atoms. The minimum absolute atomic E-state index is 0.407. The average molecular weight is 351 g/mol. The Morgan fingerprint density at radius 2 is 1.80 bits per heavy atom. The van der Waals surface area contributed by atoms with E-state index >= 15 is 0 Å². The molecule has 1 atom stereocenters. The first-order chi connectivity index (χ1) is 11.7. The fourth-order valence-electron chi connectivity index (χ4n) is 3.03. The SMILES string of the molecule is CC1(C)OB(c2nn(C3NCCO3)c3cc(F)c(F)cc23)OC1(C)C. The smallest absolute Gasteiger partial charge is 0.398 e. The van der Waals surface area contributed by atoms with Gasteiger partial charge in [0.15, 0.2) is 11.6 Å². The van der Waals surface area contributed by atoms with E-state index in [4.69, 9.17) is 14.0 Å². The zero-order valence-electron chi connectivity index (χ0n) is 14.6. The largest absolute Gasteiger partial charge is 0.517 e. The molecule has 0 aliphatic carbocycles. The van der Waals surface area contributed by atoms with E-state index in [9.17, 15) is 8.78 Å². The molecule has 0 bridgehead atoms. The highest BCUT2D eigenvalue weighted by molar-refractivity contribution is 6.64. The molecular weight excluding hydrogens is 331 g/mol. The highest BCUT2D eigenvalue weighted by atomic mass is 19.2. The van der Waals surface area contributed by atoms with Crippen molar-refractivity contribution < 1.29 is 22.8 Å². The maximum atomic E-state index is 13.9. The van der Waals surface area contributed by atoms with Crippen LogP contribution in [-0.4, -0.2) is 41.3 Å². The van der Waals surface area contributed by atoms with Gasteiger partial charge in [-0.25, -0.2) is 13.5 Å². The van der Waals surface area contributed by atoms with Crippen LogP contribution in [0, 0.1) is 11.6 Å². The molecule has 1 N–H and O–H groups in total. The lowest BCUT2D eigenvalue weighted by molar-refractivity contribution is 0.00578. The molecule has 2 saturated heterocycles. The first kappa shape index (κ1) is 16.9. The molecule has 2 fully saturated rings. The number of ether oxygens (including phenoxy) is 1. The summed E-state index contributed by atoms with van der Waals surface area (Å²) in [4.78, 5) is 0. The molecule has 2 aliphatic rings. The second kappa shape index (κ2) is 5.47. The molecule has 0 saturated carbocycles. The summed E-state index contributed by atoms with van der Waals surface area (Å²) < 4.78 is 46.8. The molecule has 6 nitrogen and oxygen atoms in total. The van der Waals surface area contributed by atoms with Gasteiger partial charge in [0.1, 0.15) is 5.59 Å². The number of benzene rings is 1. The summed E-state index contributed by atoms with van der Waals surface area (Å²) in [7, 11) is -0.778. The second-order valence-electron chi connectivity index (χ2n) is 7.38. The van der Waals surface area contributed by atoms with E-state index in [0.29, 0.717) is 29.6 Å². The van der Waals surface area contributed by atoms with Gasteiger partial charge >= 0.3 is 7.12 Å². The highest BCUT2D eigenvalue weighted by Gasteiger charge is 2.53. The normalized spacial score (nSPS) is 25.2. The number of hydrogen-bond donors (Lipinski definition) is 1. The van der Waals surface area contributed by atoms with Gasteiger partial charge in [-0.3, -0.25) is 5.32 Å². The summed E-state index contributed by atoms with van der Waals surface area (Å²) in [5.41, 5.74) is -0.295. The van der Waals surface area contributed by atoms with Crippen LogP contribution in [0.15, 0.2) is 12.1 Å². The Labute approximate surface area is 144 Å². The van der Waals surface area contributed by atoms with E-state index in [-0.39, 0.29) is 0 Å². The van der Waals surface area contributed by atoms with Crippen LogP contribution < -0.4 is 10.9 Å². The molecule has 25 heavy (non-hydrogen) atoms. The van der Waals surface area contributed by atoms with Crippen LogP contribution in [0.5, 0.6) is 0 Å². The first-order valence-corrected chi connectivity index (χ1v) is 8.27. The standard InChI is InChI=1S/C16H20BF2N3O3/c1-15(2)16(3,4)25-17(24-15)13-9-7-10(18)11(19)8-12(9)22(21-13)14-20-5-6-23-14/h7-8,14,20H,5-6H2,1-4H3. The van der Waals surface area contributed by atoms with Crippen molar-refractivity contribution in [1.29, 1.82) is 0 Å². The highest BCUT2D eigenvalue weighted by Crippen LogP contribution is 2.37. The molecule has 3 heterocycles. The van der Waals surface area contributed by atoms with Crippen LogP contribution in [0.2, 0.25) is 0 Å². The van der Waals surface area contributed by atoms with Crippen molar-refractivity contribution in [2.75, 3.05) is 13.2 Å². The Hall–Kier alpha value is -1.55. The van der Waals surface area contributed by atoms with E-state index in [1.165, 1.54) is 4.68 Å². The Kier molecular flexibility index (Phi) is 3.70. The van der Waals surface area contributed by atoms with Gasteiger partial charge in [-0.15, -0.1) is 0 Å². The maximum Gasteiger partial charge on any atom is 0.517 e. The van der Waals surface area contributed by atoms with E-state index in [0.717, 1.165) is 12.1 Å². The van der Waals surface area contributed by atoms with Crippen molar-refractivity contribution in [2.45, 2.75) is 45.2 Å². The topological polar surface area (TPSA) is 57.5 Å². The predicted molar refractivity (Wildman–Crippen MR) is 88.4 cm³/mol. The van der Waals surface area contributed by atoms with Gasteiger partial charge in [-0.05, 0) is 33.8 Å². The molecule has 2 aliphatic heterocycles. The Balaban J connectivity index is 1.85. The third-order valence-corrected chi connectivity index (χ3v) is 5.17. The second-order valence-corrected chi connectivity index (χ2v) is 7.38. The lowest BCUT2D eigenvalue weighted by atomic mass is 9.82. The number of hydrogen-bond acceptors (Lipinski definition) is 5. The molecular formula is C16H20BF2N3O3. The maximum absolute atomic E-state index is 13.9. The number of fused-ring (bicyclic) bond motifs is 1. The number of aromatic nitrogens is 2. The lowest BCUT2D eigenvalue weighted by Crippen LogP contribution is -2.41. The first-order valence-electron chi connectivity index (χ1n) is 8.27. The zero-order chi connectivity index (χ0) is 18.0. The molecule has 9 heteroatoms. The average Bonchev–Trinajstić information content (AvgIpc) is 3.18. The summed E-state index contributed by atoms with van der Waals surface area (Å²) in [6.07, 6.45) is -0.538. The van der Waals surface area contributed by atoms with Gasteiger partial charge in [0, 0.05) is 18.0 Å². The number of nitrogens with one attached hydrogen (secondary N) is 1. The van der Waals surface area contributed by atoms with Crippen LogP contribution in [0.3, 0.4) is 0 Å². The lowest BCUT2D eigenvalue weighted by Gasteiger charge is -2.32. The van der Waals surface area contributed by atoms with Crippen LogP contribution in [0.25, 0.3) is 10.9 Å². The van der Waals surface area contributed by atoms with E-state index in [1.807, 2.05) is 27.7 Å². The van der Waals surface area contributed by atoms with Gasteiger partial charge in [0.05, 0.1) is 23.3 Å². The minimum atomic E-state index is -0.940. The number of halogens is 2. The van der Waals surface area contributed by atoms with Crippen molar-refractivity contribution >= 4 is 23.6 Å². The third-order valence-electron chi connectivity index (χ3n) is 5.17.